The first-order valence-electron chi connectivity index (χ1n) is 11.0. The van der Waals surface area contributed by atoms with E-state index in [1.54, 1.807) is 0 Å². The Morgan fingerprint density at radius 1 is 0.933 bits per heavy atom. The van der Waals surface area contributed by atoms with Crippen LogP contribution in [0.3, 0.4) is 0 Å². The van der Waals surface area contributed by atoms with Crippen LogP contribution in [0, 0.1) is 13.8 Å². The Morgan fingerprint density at radius 2 is 1.57 bits per heavy atom. The first-order chi connectivity index (χ1) is 14.5. The van der Waals surface area contributed by atoms with Gasteiger partial charge in [-0.25, -0.2) is 0 Å². The van der Waals surface area contributed by atoms with E-state index in [0.29, 0.717) is 6.54 Å². The average Bonchev–Trinajstić information content (AvgIpc) is 2.72. The van der Waals surface area contributed by atoms with Crippen molar-refractivity contribution in [2.75, 3.05) is 30.4 Å². The molecule has 30 heavy (non-hydrogen) atoms. The predicted molar refractivity (Wildman–Crippen MR) is 122 cm³/mol. The third-order valence-electron chi connectivity index (χ3n) is 5.90. The van der Waals surface area contributed by atoms with E-state index in [9.17, 15) is 9.59 Å². The molecule has 1 fully saturated rings. The van der Waals surface area contributed by atoms with Gasteiger partial charge in [-0.15, -0.1) is 0 Å². The molecule has 0 spiro atoms. The number of benzene rings is 2. The van der Waals surface area contributed by atoms with Crippen molar-refractivity contribution in [3.8, 4) is 0 Å². The molecule has 160 valence electrons. The zero-order chi connectivity index (χ0) is 21.5. The molecule has 0 aliphatic heterocycles. The van der Waals surface area contributed by atoms with Crippen molar-refractivity contribution in [2.24, 2.45) is 0 Å². The fourth-order valence-electron chi connectivity index (χ4n) is 4.36. The third-order valence-corrected chi connectivity index (χ3v) is 5.90. The number of likely N-dealkylation sites (N-methyl/N-ethyl adjacent to an activating group) is 1. The highest BCUT2D eigenvalue weighted by atomic mass is 16.2. The van der Waals surface area contributed by atoms with Crippen molar-refractivity contribution >= 4 is 23.2 Å². The molecule has 2 aromatic carbocycles. The summed E-state index contributed by atoms with van der Waals surface area (Å²) in [7, 11) is 1.91. The van der Waals surface area contributed by atoms with Crippen molar-refractivity contribution in [3.63, 3.8) is 0 Å². The van der Waals surface area contributed by atoms with Gasteiger partial charge in [0, 0.05) is 17.4 Å². The van der Waals surface area contributed by atoms with Crippen LogP contribution < -0.4 is 15.1 Å². The highest BCUT2D eigenvalue weighted by Crippen LogP contribution is 2.27. The van der Waals surface area contributed by atoms with E-state index in [1.165, 1.54) is 19.3 Å². The predicted octanol–water partition coefficient (Wildman–Crippen LogP) is 3.12. The second kappa shape index (κ2) is 10.4. The number of para-hydroxylation sites is 2. The van der Waals surface area contributed by atoms with Gasteiger partial charge in [-0.05, 0) is 49.9 Å². The average molecular weight is 409 g/mol. The summed E-state index contributed by atoms with van der Waals surface area (Å²) < 4.78 is 0. The first kappa shape index (κ1) is 22.0. The summed E-state index contributed by atoms with van der Waals surface area (Å²) in [6, 6.07) is 16.2. The summed E-state index contributed by atoms with van der Waals surface area (Å²) in [4.78, 5) is 28.7. The van der Waals surface area contributed by atoms with Gasteiger partial charge in [-0.2, -0.15) is 0 Å². The largest absolute Gasteiger partial charge is 0.322 e. The molecular formula is C25H34N3O2+. The van der Waals surface area contributed by atoms with Crippen LogP contribution in [0.5, 0.6) is 0 Å². The van der Waals surface area contributed by atoms with Crippen molar-refractivity contribution in [2.45, 2.75) is 52.0 Å². The van der Waals surface area contributed by atoms with Gasteiger partial charge < -0.3 is 15.1 Å². The van der Waals surface area contributed by atoms with E-state index in [1.807, 2.05) is 74.3 Å². The lowest BCUT2D eigenvalue weighted by molar-refractivity contribution is -0.862. The van der Waals surface area contributed by atoms with Crippen LogP contribution in [0.25, 0.3) is 0 Å². The maximum absolute atomic E-state index is 13.3. The fraction of sp³-hybridized carbons (Fsp3) is 0.440. The molecule has 1 unspecified atom stereocenters. The van der Waals surface area contributed by atoms with Crippen LogP contribution in [0.2, 0.25) is 0 Å². The number of aryl methyl sites for hydroxylation is 2. The summed E-state index contributed by atoms with van der Waals surface area (Å²) in [5.41, 5.74) is 3.92. The van der Waals surface area contributed by atoms with Gasteiger partial charge in [0.15, 0.2) is 13.1 Å². The molecule has 0 bridgehead atoms. The molecule has 1 atom stereocenters. The number of hydrogen-bond acceptors (Lipinski definition) is 2. The van der Waals surface area contributed by atoms with Gasteiger partial charge in [-0.1, -0.05) is 55.7 Å². The van der Waals surface area contributed by atoms with Crippen LogP contribution in [-0.2, 0) is 9.59 Å². The zero-order valence-corrected chi connectivity index (χ0v) is 18.4. The molecule has 5 nitrogen and oxygen atoms in total. The minimum atomic E-state index is -0.0679. The van der Waals surface area contributed by atoms with E-state index < -0.39 is 0 Å². The Labute approximate surface area is 180 Å². The van der Waals surface area contributed by atoms with Crippen LogP contribution in [-0.4, -0.2) is 38.0 Å². The lowest BCUT2D eigenvalue weighted by Gasteiger charge is -2.34. The van der Waals surface area contributed by atoms with Crippen molar-refractivity contribution in [3.05, 3.63) is 59.7 Å². The summed E-state index contributed by atoms with van der Waals surface area (Å²) in [6.07, 6.45) is 5.68. The van der Waals surface area contributed by atoms with Gasteiger partial charge in [0.25, 0.3) is 11.8 Å². The molecule has 1 saturated carbocycles. The number of nitrogens with zero attached hydrogens (tertiary/aromatic N) is 1. The molecular weight excluding hydrogens is 374 g/mol. The molecule has 0 aromatic heterocycles. The summed E-state index contributed by atoms with van der Waals surface area (Å²) in [5.74, 6) is 0.0205. The molecule has 0 saturated heterocycles. The number of anilines is 2. The number of quaternary nitrogens is 1. The molecule has 3 rings (SSSR count). The Kier molecular flexibility index (Phi) is 7.63. The van der Waals surface area contributed by atoms with Crippen molar-refractivity contribution in [1.29, 1.82) is 0 Å². The Morgan fingerprint density at radius 3 is 2.20 bits per heavy atom. The monoisotopic (exact) mass is 408 g/mol. The number of nitrogens with one attached hydrogen (secondary N) is 2. The molecule has 2 amide bonds. The van der Waals surface area contributed by atoms with E-state index in [2.05, 4.69) is 5.32 Å². The lowest BCUT2D eigenvalue weighted by atomic mass is 9.93. The van der Waals surface area contributed by atoms with Gasteiger partial charge in [-0.3, -0.25) is 9.59 Å². The van der Waals surface area contributed by atoms with Crippen LogP contribution in [0.1, 0.15) is 43.2 Å². The SMILES string of the molecule is Cc1cccc(C)c1NC(=O)C[NH+](C)CC(=O)N(c1ccccc1)C1CCCCC1. The Balaban J connectivity index is 1.64. The quantitative estimate of drug-likeness (QED) is 0.740. The minimum absolute atomic E-state index is 0.0679. The topological polar surface area (TPSA) is 53.9 Å². The minimum Gasteiger partial charge on any atom is -0.322 e. The molecule has 5 heteroatoms. The van der Waals surface area contributed by atoms with Crippen LogP contribution in [0.4, 0.5) is 11.4 Å². The molecule has 0 heterocycles. The summed E-state index contributed by atoms with van der Waals surface area (Å²) in [5, 5.41) is 3.02. The first-order valence-corrected chi connectivity index (χ1v) is 11.0. The standard InChI is InChI=1S/C25H33N3O2/c1-19-11-10-12-20(2)25(19)26-23(29)17-27(3)18-24(30)28(21-13-6-4-7-14-21)22-15-8-5-9-16-22/h4,6-7,10-14,22H,5,8-9,15-18H2,1-3H3,(H,26,29)/p+1. The highest BCUT2D eigenvalue weighted by Gasteiger charge is 2.29. The summed E-state index contributed by atoms with van der Waals surface area (Å²) >= 11 is 0. The van der Waals surface area contributed by atoms with Gasteiger partial charge in [0.05, 0.1) is 7.05 Å². The second-order valence-electron chi connectivity index (χ2n) is 8.52. The van der Waals surface area contributed by atoms with E-state index >= 15 is 0 Å². The van der Waals surface area contributed by atoms with E-state index in [-0.39, 0.29) is 24.4 Å². The van der Waals surface area contributed by atoms with E-state index in [4.69, 9.17) is 0 Å². The second-order valence-corrected chi connectivity index (χ2v) is 8.52. The smallest absolute Gasteiger partial charge is 0.282 e. The number of carbonyl (C=O) groups excluding carboxylic acids is 2. The Bertz CT molecular complexity index is 840. The molecule has 1 aliphatic rings. The molecule has 2 N–H and O–H groups in total. The fourth-order valence-corrected chi connectivity index (χ4v) is 4.36. The van der Waals surface area contributed by atoms with Crippen molar-refractivity contribution < 1.29 is 14.5 Å². The van der Waals surface area contributed by atoms with Gasteiger partial charge in [0.1, 0.15) is 0 Å². The van der Waals surface area contributed by atoms with Gasteiger partial charge >= 0.3 is 0 Å². The number of hydrogen-bond donors (Lipinski definition) is 2. The number of amides is 2. The maximum Gasteiger partial charge on any atom is 0.282 e. The highest BCUT2D eigenvalue weighted by molar-refractivity contribution is 5.95. The number of rotatable bonds is 7. The lowest BCUT2D eigenvalue weighted by Crippen LogP contribution is -3.11. The van der Waals surface area contributed by atoms with E-state index in [0.717, 1.165) is 40.2 Å². The summed E-state index contributed by atoms with van der Waals surface area (Å²) in [6.45, 7) is 4.54. The molecule has 0 radical (unpaired) electrons. The zero-order valence-electron chi connectivity index (χ0n) is 18.4. The van der Waals surface area contributed by atoms with Crippen LogP contribution >= 0.6 is 0 Å². The number of carbonyl (C=O) groups is 2. The van der Waals surface area contributed by atoms with Gasteiger partial charge in [0.2, 0.25) is 0 Å². The normalized spacial score (nSPS) is 15.4. The maximum atomic E-state index is 13.3. The van der Waals surface area contributed by atoms with Crippen molar-refractivity contribution in [1.82, 2.24) is 0 Å². The molecule has 2 aromatic rings. The Hall–Kier alpha value is -2.66. The third kappa shape index (κ3) is 5.70. The molecule has 1 aliphatic carbocycles. The van der Waals surface area contributed by atoms with Crippen LogP contribution in [0.15, 0.2) is 48.5 Å².